The summed E-state index contributed by atoms with van der Waals surface area (Å²) in [7, 11) is 0. The molecule has 3 aromatic heterocycles. The van der Waals surface area contributed by atoms with Crippen molar-refractivity contribution in [1.82, 2.24) is 29.3 Å². The van der Waals surface area contributed by atoms with E-state index in [4.69, 9.17) is 0 Å². The van der Waals surface area contributed by atoms with Gasteiger partial charge in [0.05, 0.1) is 36.1 Å². The van der Waals surface area contributed by atoms with Crippen LogP contribution >= 0.6 is 0 Å². The molecule has 5 rings (SSSR count). The summed E-state index contributed by atoms with van der Waals surface area (Å²) >= 11 is 0. The fourth-order valence-electron chi connectivity index (χ4n) is 3.53. The molecule has 168 valence electrons. The number of aromatic nitrogens is 6. The van der Waals surface area contributed by atoms with E-state index in [-0.39, 0.29) is 22.8 Å². The molecular weight excluding hydrogens is 432 g/mol. The lowest BCUT2D eigenvalue weighted by Crippen LogP contribution is -2.16. The number of aliphatic hydroxyl groups excluding tert-OH is 1. The number of amides is 1. The van der Waals surface area contributed by atoms with Crippen molar-refractivity contribution in [1.29, 1.82) is 0 Å². The Kier molecular flexibility index (Phi) is 5.38. The van der Waals surface area contributed by atoms with Crippen LogP contribution in [0, 0.1) is 17.6 Å². The Labute approximate surface area is 186 Å². The van der Waals surface area contributed by atoms with Gasteiger partial charge in [-0.2, -0.15) is 0 Å². The first kappa shape index (κ1) is 20.9. The van der Waals surface area contributed by atoms with Gasteiger partial charge in [0.1, 0.15) is 29.5 Å². The van der Waals surface area contributed by atoms with Crippen molar-refractivity contribution in [2.24, 2.45) is 5.92 Å². The molecule has 1 fully saturated rings. The number of carbonyl (C=O) groups excluding carboxylic acids is 1. The van der Waals surface area contributed by atoms with E-state index in [1.54, 1.807) is 24.5 Å². The minimum absolute atomic E-state index is 0.113. The quantitative estimate of drug-likeness (QED) is 0.447. The molecule has 0 bridgehead atoms. The van der Waals surface area contributed by atoms with Gasteiger partial charge in [0.15, 0.2) is 5.82 Å². The van der Waals surface area contributed by atoms with Gasteiger partial charge in [-0.3, -0.25) is 9.36 Å². The zero-order chi connectivity index (χ0) is 22.9. The van der Waals surface area contributed by atoms with Gasteiger partial charge in [0, 0.05) is 12.6 Å². The van der Waals surface area contributed by atoms with E-state index in [1.165, 1.54) is 29.9 Å². The highest BCUT2D eigenvalue weighted by atomic mass is 19.1. The van der Waals surface area contributed by atoms with E-state index < -0.39 is 24.1 Å². The van der Waals surface area contributed by atoms with Crippen molar-refractivity contribution in [2.75, 3.05) is 5.32 Å². The van der Waals surface area contributed by atoms with Crippen molar-refractivity contribution in [2.45, 2.75) is 26.0 Å². The standard InChI is InChI=1S/C22H19F2N7O2/c23-16-7-17(24)19(31-11-25-8-14(31)10-32)6-15(16)22(33)28-20-3-1-2-18(27-20)21-29-26-12-30(21)9-13-4-5-13/h1-3,6-8,11-13,32H,4-5,9-10H2,(H,27,28,33). The van der Waals surface area contributed by atoms with Crippen LogP contribution in [0.15, 0.2) is 49.2 Å². The highest BCUT2D eigenvalue weighted by Crippen LogP contribution is 2.31. The molecule has 9 nitrogen and oxygen atoms in total. The Morgan fingerprint density at radius 2 is 2.03 bits per heavy atom. The average Bonchev–Trinajstić information content (AvgIpc) is 3.29. The Balaban J connectivity index is 1.42. The number of halogens is 2. The lowest BCUT2D eigenvalue weighted by atomic mass is 10.1. The van der Waals surface area contributed by atoms with Gasteiger partial charge < -0.3 is 15.0 Å². The monoisotopic (exact) mass is 451 g/mol. The van der Waals surface area contributed by atoms with Crippen molar-refractivity contribution in [3.8, 4) is 17.2 Å². The fraction of sp³-hybridized carbons (Fsp3) is 0.227. The van der Waals surface area contributed by atoms with Gasteiger partial charge in [-0.15, -0.1) is 10.2 Å². The number of pyridine rings is 1. The van der Waals surface area contributed by atoms with Crippen LogP contribution in [0.25, 0.3) is 17.2 Å². The maximum absolute atomic E-state index is 14.5. The summed E-state index contributed by atoms with van der Waals surface area (Å²) in [5.41, 5.74) is 0.305. The van der Waals surface area contributed by atoms with E-state index in [9.17, 15) is 18.7 Å². The third kappa shape index (κ3) is 4.22. The number of anilines is 1. The number of hydrogen-bond acceptors (Lipinski definition) is 6. The van der Waals surface area contributed by atoms with Crippen LogP contribution < -0.4 is 5.32 Å². The summed E-state index contributed by atoms with van der Waals surface area (Å²) < 4.78 is 32.1. The zero-order valence-electron chi connectivity index (χ0n) is 17.3. The predicted molar refractivity (Wildman–Crippen MR) is 113 cm³/mol. The maximum Gasteiger partial charge on any atom is 0.259 e. The predicted octanol–water partition coefficient (Wildman–Crippen LogP) is 2.96. The molecule has 1 amide bonds. The molecule has 0 unspecified atom stereocenters. The first-order valence-electron chi connectivity index (χ1n) is 10.3. The van der Waals surface area contributed by atoms with Crippen LogP contribution in [-0.2, 0) is 13.2 Å². The molecule has 1 saturated carbocycles. The second-order valence-electron chi connectivity index (χ2n) is 7.81. The number of carbonyl (C=O) groups is 1. The van der Waals surface area contributed by atoms with E-state index in [0.29, 0.717) is 23.5 Å². The minimum Gasteiger partial charge on any atom is -0.390 e. The molecule has 4 aromatic rings. The Hall–Kier alpha value is -3.99. The van der Waals surface area contributed by atoms with Crippen LogP contribution in [0.1, 0.15) is 28.9 Å². The summed E-state index contributed by atoms with van der Waals surface area (Å²) in [4.78, 5) is 21.1. The Bertz CT molecular complexity index is 1330. The third-order valence-corrected chi connectivity index (χ3v) is 5.40. The van der Waals surface area contributed by atoms with Gasteiger partial charge in [-0.1, -0.05) is 6.07 Å². The number of aliphatic hydroxyl groups is 1. The van der Waals surface area contributed by atoms with Crippen molar-refractivity contribution >= 4 is 11.7 Å². The molecule has 33 heavy (non-hydrogen) atoms. The fourth-order valence-corrected chi connectivity index (χ4v) is 3.53. The third-order valence-electron chi connectivity index (χ3n) is 5.40. The molecule has 0 spiro atoms. The van der Waals surface area contributed by atoms with Crippen LogP contribution in [0.5, 0.6) is 0 Å². The summed E-state index contributed by atoms with van der Waals surface area (Å²) in [6.07, 6.45) is 6.61. The second kappa shape index (κ2) is 8.51. The second-order valence-corrected chi connectivity index (χ2v) is 7.81. The number of nitrogens with zero attached hydrogens (tertiary/aromatic N) is 6. The van der Waals surface area contributed by atoms with E-state index in [0.717, 1.165) is 12.6 Å². The lowest BCUT2D eigenvalue weighted by molar-refractivity contribution is 0.102. The van der Waals surface area contributed by atoms with Crippen molar-refractivity contribution in [3.63, 3.8) is 0 Å². The molecular formula is C22H19F2N7O2. The van der Waals surface area contributed by atoms with Gasteiger partial charge in [0.2, 0.25) is 0 Å². The SMILES string of the molecule is O=C(Nc1cccc(-c2nncn2CC2CC2)n1)c1cc(-n2cncc2CO)c(F)cc1F. The van der Waals surface area contributed by atoms with Gasteiger partial charge in [-0.25, -0.2) is 18.7 Å². The van der Waals surface area contributed by atoms with E-state index in [2.05, 4.69) is 25.5 Å². The zero-order valence-corrected chi connectivity index (χ0v) is 17.3. The van der Waals surface area contributed by atoms with E-state index >= 15 is 0 Å². The first-order chi connectivity index (χ1) is 16.0. The molecule has 0 radical (unpaired) electrons. The Morgan fingerprint density at radius 3 is 2.82 bits per heavy atom. The van der Waals surface area contributed by atoms with Crippen molar-refractivity contribution in [3.05, 3.63) is 72.1 Å². The Morgan fingerprint density at radius 1 is 1.18 bits per heavy atom. The van der Waals surface area contributed by atoms with Gasteiger partial charge in [-0.05, 0) is 37.0 Å². The van der Waals surface area contributed by atoms with Gasteiger partial charge >= 0.3 is 0 Å². The average molecular weight is 451 g/mol. The van der Waals surface area contributed by atoms with Crippen LogP contribution in [0.4, 0.5) is 14.6 Å². The molecule has 0 atom stereocenters. The topological polar surface area (TPSA) is 111 Å². The smallest absolute Gasteiger partial charge is 0.259 e. The number of benzene rings is 1. The number of rotatable bonds is 7. The van der Waals surface area contributed by atoms with Crippen LogP contribution in [0.3, 0.4) is 0 Å². The molecule has 1 aliphatic rings. The summed E-state index contributed by atoms with van der Waals surface area (Å²) in [6, 6.07) is 6.69. The normalized spacial score (nSPS) is 13.3. The van der Waals surface area contributed by atoms with Crippen LogP contribution in [0.2, 0.25) is 0 Å². The molecule has 0 aliphatic heterocycles. The summed E-state index contributed by atoms with van der Waals surface area (Å²) in [5, 5.41) is 20.1. The minimum atomic E-state index is -1.03. The molecule has 11 heteroatoms. The van der Waals surface area contributed by atoms with Crippen LogP contribution in [-0.4, -0.2) is 40.3 Å². The molecule has 1 aliphatic carbocycles. The first-order valence-corrected chi connectivity index (χ1v) is 10.3. The summed E-state index contributed by atoms with van der Waals surface area (Å²) in [5.74, 6) is -1.36. The lowest BCUT2D eigenvalue weighted by Gasteiger charge is -2.12. The molecule has 2 N–H and O–H groups in total. The highest BCUT2D eigenvalue weighted by Gasteiger charge is 2.24. The highest BCUT2D eigenvalue weighted by molar-refractivity contribution is 6.04. The van der Waals surface area contributed by atoms with E-state index in [1.807, 2.05) is 4.57 Å². The number of imidazole rings is 1. The summed E-state index contributed by atoms with van der Waals surface area (Å²) in [6.45, 7) is 0.397. The molecule has 0 saturated heterocycles. The largest absolute Gasteiger partial charge is 0.390 e. The maximum atomic E-state index is 14.5. The number of nitrogens with one attached hydrogen (secondary N) is 1. The number of hydrogen-bond donors (Lipinski definition) is 2. The molecule has 3 heterocycles. The van der Waals surface area contributed by atoms with Gasteiger partial charge in [0.25, 0.3) is 5.91 Å². The van der Waals surface area contributed by atoms with Crippen molar-refractivity contribution < 1.29 is 18.7 Å². The molecule has 1 aromatic carbocycles.